The summed E-state index contributed by atoms with van der Waals surface area (Å²) in [4.78, 5) is 9.83. The molecule has 1 N–H and O–H groups in total. The first-order valence-electron chi connectivity index (χ1n) is 4.50. The van der Waals surface area contributed by atoms with Crippen LogP contribution in [0.2, 0.25) is 0 Å². The molecule has 0 unspecified atom stereocenters. The lowest BCUT2D eigenvalue weighted by molar-refractivity contribution is -0.385. The third-order valence-electron chi connectivity index (χ3n) is 1.71. The fourth-order valence-electron chi connectivity index (χ4n) is 0.942. The van der Waals surface area contributed by atoms with Crippen molar-refractivity contribution in [2.24, 2.45) is 0 Å². The van der Waals surface area contributed by atoms with Crippen LogP contribution in [0, 0.1) is 17.0 Å². The van der Waals surface area contributed by atoms with E-state index in [1.807, 2.05) is 13.8 Å². The molecule has 0 aliphatic carbocycles. The number of aliphatic hydroxyl groups excluding tert-OH is 1. The summed E-state index contributed by atoms with van der Waals surface area (Å²) in [6.45, 7) is 5.64. The van der Waals surface area contributed by atoms with E-state index < -0.39 is 4.92 Å². The van der Waals surface area contributed by atoms with Gasteiger partial charge in [-0.2, -0.15) is 0 Å². The van der Waals surface area contributed by atoms with Gasteiger partial charge in [-0.1, -0.05) is 19.9 Å². The number of hydrogen-bond acceptors (Lipinski definition) is 3. The summed E-state index contributed by atoms with van der Waals surface area (Å²) in [7, 11) is 0. The van der Waals surface area contributed by atoms with E-state index in [1.54, 1.807) is 13.0 Å². The molecule has 0 bridgehead atoms. The minimum atomic E-state index is -0.474. The molecule has 0 heterocycles. The first-order valence-corrected chi connectivity index (χ1v) is 4.50. The van der Waals surface area contributed by atoms with Gasteiger partial charge >= 0.3 is 0 Å². The Kier molecular flexibility index (Phi) is 5.48. The molecule has 0 fully saturated rings. The van der Waals surface area contributed by atoms with Crippen molar-refractivity contribution in [3.8, 4) is 0 Å². The number of aliphatic hydroxyl groups is 1. The molecule has 0 aliphatic heterocycles. The predicted octanol–water partition coefficient (Wildman–Crippen LogP) is 2.42. The second-order valence-corrected chi connectivity index (χ2v) is 2.53. The van der Waals surface area contributed by atoms with Crippen LogP contribution in [0.3, 0.4) is 0 Å². The van der Waals surface area contributed by atoms with Crippen molar-refractivity contribution in [1.82, 2.24) is 0 Å². The highest BCUT2D eigenvalue weighted by molar-refractivity contribution is 5.38. The summed E-state index contributed by atoms with van der Waals surface area (Å²) in [5.41, 5.74) is 1.48. The summed E-state index contributed by atoms with van der Waals surface area (Å²) in [5, 5.41) is 19.1. The number of aryl methyl sites for hydroxylation is 1. The van der Waals surface area contributed by atoms with Crippen LogP contribution in [0.4, 0.5) is 5.69 Å². The van der Waals surface area contributed by atoms with Gasteiger partial charge in [0.2, 0.25) is 0 Å². The number of nitro groups is 1. The predicted molar refractivity (Wildman–Crippen MR) is 55.1 cm³/mol. The van der Waals surface area contributed by atoms with Gasteiger partial charge in [-0.3, -0.25) is 10.1 Å². The molecular weight excluding hydrogens is 182 g/mol. The second-order valence-electron chi connectivity index (χ2n) is 2.53. The Hall–Kier alpha value is -1.42. The number of rotatable bonds is 2. The van der Waals surface area contributed by atoms with Crippen molar-refractivity contribution in [2.45, 2.75) is 27.4 Å². The lowest BCUT2D eigenvalue weighted by atomic mass is 10.1. The van der Waals surface area contributed by atoms with E-state index in [-0.39, 0.29) is 12.3 Å². The highest BCUT2D eigenvalue weighted by Crippen LogP contribution is 2.16. The molecule has 1 rings (SSSR count). The summed E-state index contributed by atoms with van der Waals surface area (Å²) in [6.07, 6.45) is 0. The molecule has 4 nitrogen and oxygen atoms in total. The zero-order valence-electron chi connectivity index (χ0n) is 8.65. The average molecular weight is 197 g/mol. The van der Waals surface area contributed by atoms with Gasteiger partial charge in [0.05, 0.1) is 11.5 Å². The SMILES string of the molecule is CC.Cc1ccc([N+](=O)[O-])cc1CO. The molecule has 78 valence electrons. The summed E-state index contributed by atoms with van der Waals surface area (Å²) >= 11 is 0. The lowest BCUT2D eigenvalue weighted by Gasteiger charge is -2.00. The molecule has 0 aromatic heterocycles. The molecular formula is C10H15NO3. The Morgan fingerprint density at radius 2 is 2.00 bits per heavy atom. The van der Waals surface area contributed by atoms with Gasteiger partial charge < -0.3 is 5.11 Å². The van der Waals surface area contributed by atoms with Gasteiger partial charge in [-0.25, -0.2) is 0 Å². The first-order chi connectivity index (χ1) is 6.65. The number of nitro benzene ring substituents is 1. The molecule has 1 aromatic rings. The third kappa shape index (κ3) is 3.14. The maximum absolute atomic E-state index is 10.3. The monoisotopic (exact) mass is 197 g/mol. The number of benzene rings is 1. The van der Waals surface area contributed by atoms with Crippen molar-refractivity contribution < 1.29 is 10.0 Å². The number of non-ortho nitro benzene ring substituents is 1. The van der Waals surface area contributed by atoms with Crippen molar-refractivity contribution in [3.63, 3.8) is 0 Å². The van der Waals surface area contributed by atoms with Crippen LogP contribution < -0.4 is 0 Å². The smallest absolute Gasteiger partial charge is 0.269 e. The average Bonchev–Trinajstić information content (AvgIpc) is 2.21. The van der Waals surface area contributed by atoms with E-state index >= 15 is 0 Å². The van der Waals surface area contributed by atoms with Crippen molar-refractivity contribution in [3.05, 3.63) is 39.4 Å². The molecule has 14 heavy (non-hydrogen) atoms. The normalized spacial score (nSPS) is 8.86. The highest BCUT2D eigenvalue weighted by atomic mass is 16.6. The fraction of sp³-hybridized carbons (Fsp3) is 0.400. The summed E-state index contributed by atoms with van der Waals surface area (Å²) in [6, 6.07) is 4.44. The molecule has 0 amide bonds. The maximum Gasteiger partial charge on any atom is 0.269 e. The van der Waals surface area contributed by atoms with E-state index in [0.29, 0.717) is 5.56 Å². The quantitative estimate of drug-likeness (QED) is 0.585. The van der Waals surface area contributed by atoms with Crippen LogP contribution in [-0.2, 0) is 6.61 Å². The van der Waals surface area contributed by atoms with Crippen molar-refractivity contribution in [1.29, 1.82) is 0 Å². The lowest BCUT2D eigenvalue weighted by Crippen LogP contribution is -1.93. The van der Waals surface area contributed by atoms with Crippen LogP contribution in [0.25, 0.3) is 0 Å². The molecule has 0 saturated carbocycles. The standard InChI is InChI=1S/C8H9NO3.C2H6/c1-6-2-3-8(9(11)12)4-7(6)5-10;1-2/h2-4,10H,5H2,1H3;1-2H3. The zero-order valence-corrected chi connectivity index (χ0v) is 8.65. The Bertz CT molecular complexity index is 310. The second kappa shape index (κ2) is 6.10. The van der Waals surface area contributed by atoms with E-state index in [9.17, 15) is 10.1 Å². The van der Waals surface area contributed by atoms with Gasteiger partial charge in [-0.15, -0.1) is 0 Å². The minimum Gasteiger partial charge on any atom is -0.392 e. The van der Waals surface area contributed by atoms with Crippen LogP contribution >= 0.6 is 0 Å². The largest absolute Gasteiger partial charge is 0.392 e. The van der Waals surface area contributed by atoms with Gasteiger partial charge in [-0.05, 0) is 18.1 Å². The Morgan fingerprint density at radius 1 is 1.43 bits per heavy atom. The van der Waals surface area contributed by atoms with E-state index in [2.05, 4.69) is 0 Å². The van der Waals surface area contributed by atoms with Gasteiger partial charge in [0.15, 0.2) is 0 Å². The van der Waals surface area contributed by atoms with Crippen LogP contribution in [-0.4, -0.2) is 10.0 Å². The molecule has 0 saturated heterocycles. The van der Waals surface area contributed by atoms with E-state index in [0.717, 1.165) is 5.56 Å². The van der Waals surface area contributed by atoms with Gasteiger partial charge in [0.1, 0.15) is 0 Å². The molecule has 4 heteroatoms. The van der Waals surface area contributed by atoms with Gasteiger partial charge in [0, 0.05) is 12.1 Å². The molecule has 1 aromatic carbocycles. The minimum absolute atomic E-state index is 0.0182. The maximum atomic E-state index is 10.3. The molecule has 0 aliphatic rings. The van der Waals surface area contributed by atoms with E-state index in [1.165, 1.54) is 12.1 Å². The first kappa shape index (κ1) is 12.6. The van der Waals surface area contributed by atoms with Gasteiger partial charge in [0.25, 0.3) is 5.69 Å². The van der Waals surface area contributed by atoms with Crippen molar-refractivity contribution >= 4 is 5.69 Å². The van der Waals surface area contributed by atoms with Crippen molar-refractivity contribution in [2.75, 3.05) is 0 Å². The Balaban J connectivity index is 0.000000791. The topological polar surface area (TPSA) is 63.4 Å². The molecule has 0 atom stereocenters. The van der Waals surface area contributed by atoms with Crippen LogP contribution in [0.5, 0.6) is 0 Å². The zero-order chi connectivity index (χ0) is 11.1. The van der Waals surface area contributed by atoms with Crippen LogP contribution in [0.1, 0.15) is 25.0 Å². The fourth-order valence-corrected chi connectivity index (χ4v) is 0.942. The summed E-state index contributed by atoms with van der Waals surface area (Å²) < 4.78 is 0. The number of hydrogen-bond donors (Lipinski definition) is 1. The Labute approximate surface area is 83.3 Å². The summed E-state index contributed by atoms with van der Waals surface area (Å²) in [5.74, 6) is 0. The van der Waals surface area contributed by atoms with Crippen LogP contribution in [0.15, 0.2) is 18.2 Å². The highest BCUT2D eigenvalue weighted by Gasteiger charge is 2.06. The third-order valence-corrected chi connectivity index (χ3v) is 1.71. The van der Waals surface area contributed by atoms with E-state index in [4.69, 9.17) is 5.11 Å². The Morgan fingerprint density at radius 3 is 2.43 bits per heavy atom. The molecule has 0 radical (unpaired) electrons. The molecule has 0 spiro atoms. The number of nitrogens with zero attached hydrogens (tertiary/aromatic N) is 1.